The number of nitro benzene ring substituents is 2. The first-order valence-electron chi connectivity index (χ1n) is 9.40. The Hall–Kier alpha value is -3.70. The molecule has 0 saturated heterocycles. The second-order valence-corrected chi connectivity index (χ2v) is 8.26. The summed E-state index contributed by atoms with van der Waals surface area (Å²) in [5.74, 6) is -0.341. The fourth-order valence-corrected chi connectivity index (χ4v) is 4.51. The van der Waals surface area contributed by atoms with Gasteiger partial charge in [0.05, 0.1) is 21.6 Å². The summed E-state index contributed by atoms with van der Waals surface area (Å²) in [4.78, 5) is 39.0. The minimum absolute atomic E-state index is 0.119. The van der Waals surface area contributed by atoms with Crippen molar-refractivity contribution in [2.45, 2.75) is 25.3 Å². The number of fused-ring (bicyclic) bond motifs is 1. The van der Waals surface area contributed by atoms with Crippen molar-refractivity contribution in [1.82, 2.24) is 4.98 Å². The molecule has 11 heteroatoms. The molecule has 0 aliphatic heterocycles. The summed E-state index contributed by atoms with van der Waals surface area (Å²) < 4.78 is 0. The largest absolute Gasteiger partial charge is 0.327 e. The molecule has 1 amide bonds. The highest BCUT2D eigenvalue weighted by molar-refractivity contribution is 7.15. The van der Waals surface area contributed by atoms with Crippen molar-refractivity contribution in [1.29, 1.82) is 0 Å². The number of hydrogen-bond donors (Lipinski definition) is 2. The van der Waals surface area contributed by atoms with Gasteiger partial charge in [-0.1, -0.05) is 12.1 Å². The van der Waals surface area contributed by atoms with E-state index in [1.165, 1.54) is 23.5 Å². The Kier molecular flexibility index (Phi) is 5.44. The van der Waals surface area contributed by atoms with Crippen LogP contribution in [0.5, 0.6) is 0 Å². The lowest BCUT2D eigenvalue weighted by Crippen LogP contribution is -2.27. The fourth-order valence-electron chi connectivity index (χ4n) is 3.41. The van der Waals surface area contributed by atoms with Crippen LogP contribution in [0.25, 0.3) is 11.1 Å². The van der Waals surface area contributed by atoms with Crippen molar-refractivity contribution < 1.29 is 14.6 Å². The molecule has 0 bridgehead atoms. The number of nitrogens with one attached hydrogen (secondary N) is 1. The topological polar surface area (TPSA) is 154 Å². The second kappa shape index (κ2) is 8.20. The first kappa shape index (κ1) is 20.6. The molecule has 3 aromatic rings. The van der Waals surface area contributed by atoms with Gasteiger partial charge in [0.15, 0.2) is 5.13 Å². The predicted octanol–water partition coefficient (Wildman–Crippen LogP) is 3.69. The number of nitro groups is 2. The van der Waals surface area contributed by atoms with Crippen molar-refractivity contribution in [3.05, 3.63) is 78.8 Å². The van der Waals surface area contributed by atoms with E-state index < -0.39 is 9.85 Å². The van der Waals surface area contributed by atoms with Crippen LogP contribution in [0.15, 0.2) is 42.5 Å². The lowest BCUT2D eigenvalue weighted by molar-refractivity contribution is -0.394. The molecule has 1 atom stereocenters. The lowest BCUT2D eigenvalue weighted by atomic mass is 9.99. The third-order valence-electron chi connectivity index (χ3n) is 5.00. The average Bonchev–Trinajstić information content (AvgIpc) is 3.14. The van der Waals surface area contributed by atoms with Crippen molar-refractivity contribution in [2.75, 3.05) is 5.32 Å². The van der Waals surface area contributed by atoms with Crippen molar-refractivity contribution in [2.24, 2.45) is 5.73 Å². The van der Waals surface area contributed by atoms with E-state index in [1.807, 2.05) is 0 Å². The third-order valence-corrected chi connectivity index (χ3v) is 6.04. The highest BCUT2D eigenvalue weighted by Gasteiger charge is 2.21. The van der Waals surface area contributed by atoms with Crippen molar-refractivity contribution >= 4 is 33.8 Å². The third kappa shape index (κ3) is 4.42. The van der Waals surface area contributed by atoms with Crippen LogP contribution in [0.4, 0.5) is 16.5 Å². The molecule has 158 valence electrons. The van der Waals surface area contributed by atoms with Crippen molar-refractivity contribution in [3.8, 4) is 11.1 Å². The molecule has 0 radical (unpaired) electrons. The van der Waals surface area contributed by atoms with E-state index in [0.717, 1.165) is 35.9 Å². The van der Waals surface area contributed by atoms with Gasteiger partial charge in [-0.15, -0.1) is 11.3 Å². The maximum absolute atomic E-state index is 12.6. The second-order valence-electron chi connectivity index (χ2n) is 7.18. The summed E-state index contributed by atoms with van der Waals surface area (Å²) in [6.07, 6.45) is 2.43. The van der Waals surface area contributed by atoms with E-state index in [2.05, 4.69) is 10.3 Å². The number of aromatic nitrogens is 1. The average molecular weight is 439 g/mol. The molecule has 0 spiro atoms. The zero-order valence-corrected chi connectivity index (χ0v) is 16.9. The molecular weight excluding hydrogens is 422 g/mol. The normalized spacial score (nSPS) is 15.2. The van der Waals surface area contributed by atoms with E-state index in [4.69, 9.17) is 5.73 Å². The molecule has 0 fully saturated rings. The van der Waals surface area contributed by atoms with Gasteiger partial charge in [0, 0.05) is 28.6 Å². The van der Waals surface area contributed by atoms with Gasteiger partial charge in [-0.05, 0) is 42.5 Å². The molecule has 2 aromatic carbocycles. The van der Waals surface area contributed by atoms with E-state index in [1.54, 1.807) is 24.3 Å². The van der Waals surface area contributed by atoms with E-state index in [9.17, 15) is 25.0 Å². The number of hydrogen-bond acceptors (Lipinski definition) is 8. The zero-order chi connectivity index (χ0) is 22.1. The number of carbonyl (C=O) groups is 1. The Morgan fingerprint density at radius 3 is 2.32 bits per heavy atom. The van der Waals surface area contributed by atoms with Gasteiger partial charge in [0.2, 0.25) is 0 Å². The van der Waals surface area contributed by atoms with Crippen LogP contribution in [-0.2, 0) is 12.8 Å². The first-order valence-corrected chi connectivity index (χ1v) is 10.2. The van der Waals surface area contributed by atoms with E-state index >= 15 is 0 Å². The summed E-state index contributed by atoms with van der Waals surface area (Å²) in [5.41, 5.74) is 7.41. The minimum atomic E-state index is -0.682. The summed E-state index contributed by atoms with van der Waals surface area (Å²) >= 11 is 1.42. The summed E-state index contributed by atoms with van der Waals surface area (Å²) in [6, 6.07) is 9.82. The molecular formula is C20H17N5O5S. The smallest absolute Gasteiger partial charge is 0.276 e. The molecule has 0 unspecified atom stereocenters. The van der Waals surface area contributed by atoms with Gasteiger partial charge in [-0.25, -0.2) is 4.98 Å². The van der Waals surface area contributed by atoms with Crippen LogP contribution in [0.1, 0.15) is 27.3 Å². The molecule has 4 rings (SSSR count). The number of benzene rings is 2. The van der Waals surface area contributed by atoms with Crippen LogP contribution < -0.4 is 11.1 Å². The zero-order valence-electron chi connectivity index (χ0n) is 16.1. The molecule has 1 heterocycles. The van der Waals surface area contributed by atoms with E-state index in [0.29, 0.717) is 21.8 Å². The summed E-state index contributed by atoms with van der Waals surface area (Å²) in [6.45, 7) is 0. The molecule has 0 saturated carbocycles. The number of carbonyl (C=O) groups excluding carboxylic acids is 1. The minimum Gasteiger partial charge on any atom is -0.327 e. The Morgan fingerprint density at radius 1 is 1.06 bits per heavy atom. The van der Waals surface area contributed by atoms with Gasteiger partial charge in [-0.3, -0.25) is 30.3 Å². The first-order chi connectivity index (χ1) is 14.8. The van der Waals surface area contributed by atoms with Gasteiger partial charge in [0.1, 0.15) is 0 Å². The Labute approximate surface area is 180 Å². The number of nitrogens with two attached hydrogens (primary N) is 1. The SMILES string of the molecule is N[C@H]1CCc2nc(NC(=O)c3ccc(-c4cc([N+](=O)[O-])cc([N+](=O)[O-])c4)cc3)sc2C1. The number of non-ortho nitro benzene ring substituents is 2. The Bertz CT molecular complexity index is 1160. The fraction of sp³-hybridized carbons (Fsp3) is 0.200. The molecule has 1 aliphatic carbocycles. The standard InChI is InChI=1S/C20H17N5O5S/c21-14-5-6-17-18(9-14)31-20(22-17)23-19(26)12-3-1-11(2-4-12)13-7-15(24(27)28)10-16(8-13)25(29)30/h1-4,7-8,10,14H,5-6,9,21H2,(H,22,23,26)/t14-/m0/s1. The molecule has 1 aromatic heterocycles. The number of anilines is 1. The summed E-state index contributed by atoms with van der Waals surface area (Å²) in [5, 5.41) is 25.5. The summed E-state index contributed by atoms with van der Waals surface area (Å²) in [7, 11) is 0. The quantitative estimate of drug-likeness (QED) is 0.454. The van der Waals surface area contributed by atoms with E-state index in [-0.39, 0.29) is 23.3 Å². The van der Waals surface area contributed by atoms with Crippen LogP contribution in [-0.4, -0.2) is 26.8 Å². The van der Waals surface area contributed by atoms with Gasteiger partial charge in [-0.2, -0.15) is 0 Å². The number of amides is 1. The molecule has 10 nitrogen and oxygen atoms in total. The maximum Gasteiger partial charge on any atom is 0.276 e. The molecule has 3 N–H and O–H groups in total. The van der Waals surface area contributed by atoms with Crippen LogP contribution >= 0.6 is 11.3 Å². The maximum atomic E-state index is 12.6. The predicted molar refractivity (Wildman–Crippen MR) is 115 cm³/mol. The molecule has 31 heavy (non-hydrogen) atoms. The number of rotatable bonds is 5. The number of thiazole rings is 1. The van der Waals surface area contributed by atoms with Crippen molar-refractivity contribution in [3.63, 3.8) is 0 Å². The van der Waals surface area contributed by atoms with Gasteiger partial charge in [0.25, 0.3) is 17.3 Å². The van der Waals surface area contributed by atoms with Crippen LogP contribution in [0, 0.1) is 20.2 Å². The van der Waals surface area contributed by atoms with Gasteiger partial charge < -0.3 is 5.73 Å². The van der Waals surface area contributed by atoms with Gasteiger partial charge >= 0.3 is 0 Å². The Morgan fingerprint density at radius 2 is 1.71 bits per heavy atom. The lowest BCUT2D eigenvalue weighted by Gasteiger charge is -2.15. The highest BCUT2D eigenvalue weighted by atomic mass is 32.1. The number of nitrogens with zero attached hydrogens (tertiary/aromatic N) is 3. The van der Waals surface area contributed by atoms with Crippen LogP contribution in [0.3, 0.4) is 0 Å². The number of aryl methyl sites for hydroxylation is 1. The Balaban J connectivity index is 1.54. The monoisotopic (exact) mass is 439 g/mol. The van der Waals surface area contributed by atoms with Crippen LogP contribution in [0.2, 0.25) is 0 Å². The molecule has 1 aliphatic rings. The highest BCUT2D eigenvalue weighted by Crippen LogP contribution is 2.31.